The number of carbonyl (C=O) groups is 1. The maximum Gasteiger partial charge on any atom is 0.243 e. The van der Waals surface area contributed by atoms with Crippen LogP contribution in [-0.2, 0) is 11.2 Å². The Hall–Kier alpha value is -1.60. The third kappa shape index (κ3) is 2.30. The van der Waals surface area contributed by atoms with Crippen molar-refractivity contribution in [3.8, 4) is 5.75 Å². The molecule has 21 heavy (non-hydrogen) atoms. The maximum atomic E-state index is 11.2. The van der Waals surface area contributed by atoms with E-state index in [1.165, 1.54) is 5.56 Å². The number of thiazole rings is 1. The molecule has 0 saturated carbocycles. The van der Waals surface area contributed by atoms with E-state index in [1.807, 2.05) is 6.07 Å². The summed E-state index contributed by atoms with van der Waals surface area (Å²) in [6.07, 6.45) is 2.12. The molecular formula is C14H13N3O2S2. The minimum atomic E-state index is -0.423. The van der Waals surface area contributed by atoms with Crippen molar-refractivity contribution in [2.24, 2.45) is 10.7 Å². The number of aryl methyl sites for hydroxylation is 1. The largest absolute Gasteiger partial charge is 0.493 e. The number of ether oxygens (including phenoxy) is 1. The van der Waals surface area contributed by atoms with Crippen molar-refractivity contribution in [1.29, 1.82) is 0 Å². The van der Waals surface area contributed by atoms with Crippen LogP contribution in [0.2, 0.25) is 0 Å². The van der Waals surface area contributed by atoms with Crippen LogP contribution in [0.15, 0.2) is 17.1 Å². The van der Waals surface area contributed by atoms with Crippen LogP contribution in [0.25, 0.3) is 10.2 Å². The molecule has 4 rings (SSSR count). The first-order valence-electron chi connectivity index (χ1n) is 6.77. The number of hydrogen-bond acceptors (Lipinski definition) is 6. The summed E-state index contributed by atoms with van der Waals surface area (Å²) in [7, 11) is 0. The Morgan fingerprint density at radius 3 is 3.14 bits per heavy atom. The van der Waals surface area contributed by atoms with Crippen LogP contribution in [0.3, 0.4) is 0 Å². The number of primary amides is 1. The third-order valence-electron chi connectivity index (χ3n) is 3.58. The van der Waals surface area contributed by atoms with E-state index in [-0.39, 0.29) is 5.91 Å². The summed E-state index contributed by atoms with van der Waals surface area (Å²) < 4.78 is 6.82. The number of nitrogens with two attached hydrogens (primary N) is 1. The van der Waals surface area contributed by atoms with Gasteiger partial charge in [0.15, 0.2) is 0 Å². The van der Waals surface area contributed by atoms with Crippen LogP contribution in [0, 0.1) is 0 Å². The first-order chi connectivity index (χ1) is 10.2. The van der Waals surface area contributed by atoms with Gasteiger partial charge in [-0.2, -0.15) is 0 Å². The van der Waals surface area contributed by atoms with Gasteiger partial charge in [-0.1, -0.05) is 0 Å². The summed E-state index contributed by atoms with van der Waals surface area (Å²) in [5, 5.41) is 1.68. The lowest BCUT2D eigenvalue weighted by Gasteiger charge is -2.16. The van der Waals surface area contributed by atoms with Crippen LogP contribution in [0.4, 0.5) is 0 Å². The van der Waals surface area contributed by atoms with E-state index in [4.69, 9.17) is 10.5 Å². The Labute approximate surface area is 129 Å². The fourth-order valence-corrected chi connectivity index (χ4v) is 4.63. The van der Waals surface area contributed by atoms with Crippen molar-refractivity contribution in [2.45, 2.75) is 18.9 Å². The van der Waals surface area contributed by atoms with Crippen molar-refractivity contribution in [3.63, 3.8) is 0 Å². The topological polar surface area (TPSA) is 77.6 Å². The number of nitrogens with zero attached hydrogens (tertiary/aromatic N) is 2. The molecule has 1 atom stereocenters. The van der Waals surface area contributed by atoms with Crippen LogP contribution in [0.1, 0.15) is 17.0 Å². The summed E-state index contributed by atoms with van der Waals surface area (Å²) in [6, 6.07) is 3.75. The number of aliphatic imine (C=N–C) groups is 1. The number of rotatable bonds is 2. The quantitative estimate of drug-likeness (QED) is 0.918. The minimum Gasteiger partial charge on any atom is -0.493 e. The fourth-order valence-electron chi connectivity index (χ4n) is 2.50. The maximum absolute atomic E-state index is 11.2. The molecule has 0 fully saturated rings. The lowest BCUT2D eigenvalue weighted by molar-refractivity contribution is -0.118. The summed E-state index contributed by atoms with van der Waals surface area (Å²) in [5.74, 6) is 1.18. The molecular weight excluding hydrogens is 306 g/mol. The standard InChI is InChI=1S/C14H13N3O2S2/c15-12(18)9-6-20-13(17-9)14-16-8-5-10-7(2-1-3-19-10)4-11(8)21-14/h4-5,9H,1-3,6H2,(H2,15,18)/t9-/m1/s1. The number of fused-ring (bicyclic) bond motifs is 2. The van der Waals surface area contributed by atoms with Gasteiger partial charge in [0.05, 0.1) is 16.8 Å². The van der Waals surface area contributed by atoms with Gasteiger partial charge in [0.1, 0.15) is 21.8 Å². The highest BCUT2D eigenvalue weighted by molar-refractivity contribution is 8.15. The normalized spacial score (nSPS) is 21.0. The van der Waals surface area contributed by atoms with E-state index in [9.17, 15) is 4.79 Å². The molecule has 2 aromatic rings. The molecule has 2 aliphatic heterocycles. The van der Waals surface area contributed by atoms with Crippen molar-refractivity contribution < 1.29 is 9.53 Å². The molecule has 0 saturated heterocycles. The average molecular weight is 319 g/mol. The minimum absolute atomic E-state index is 0.373. The zero-order valence-corrected chi connectivity index (χ0v) is 12.8. The number of aromatic nitrogens is 1. The van der Waals surface area contributed by atoms with E-state index < -0.39 is 6.04 Å². The zero-order valence-electron chi connectivity index (χ0n) is 11.2. The zero-order chi connectivity index (χ0) is 14.4. The van der Waals surface area contributed by atoms with Gasteiger partial charge in [-0.3, -0.25) is 9.79 Å². The third-order valence-corrected chi connectivity index (χ3v) is 5.79. The SMILES string of the molecule is NC(=O)[C@H]1CSC(c2nc3cc4c(cc3s2)CCCO4)=N1. The number of hydrogen-bond donors (Lipinski definition) is 1. The predicted molar refractivity (Wildman–Crippen MR) is 85.4 cm³/mol. The predicted octanol–water partition coefficient (Wildman–Crippen LogP) is 1.97. The fraction of sp³-hybridized carbons (Fsp3) is 0.357. The highest BCUT2D eigenvalue weighted by Gasteiger charge is 2.26. The molecule has 1 aromatic carbocycles. The van der Waals surface area contributed by atoms with Gasteiger partial charge in [-0.05, 0) is 24.5 Å². The molecule has 1 aromatic heterocycles. The summed E-state index contributed by atoms with van der Waals surface area (Å²) in [4.78, 5) is 20.2. The van der Waals surface area contributed by atoms with Gasteiger partial charge in [-0.25, -0.2) is 4.98 Å². The molecule has 0 unspecified atom stereocenters. The first-order valence-corrected chi connectivity index (χ1v) is 8.57. The highest BCUT2D eigenvalue weighted by Crippen LogP contribution is 2.35. The Balaban J connectivity index is 1.74. The van der Waals surface area contributed by atoms with Gasteiger partial charge >= 0.3 is 0 Å². The second-order valence-electron chi connectivity index (χ2n) is 5.06. The lowest BCUT2D eigenvalue weighted by atomic mass is 10.1. The molecule has 5 nitrogen and oxygen atoms in total. The molecule has 0 aliphatic carbocycles. The van der Waals surface area contributed by atoms with Gasteiger partial charge in [0.25, 0.3) is 0 Å². The average Bonchev–Trinajstić information content (AvgIpc) is 3.11. The van der Waals surface area contributed by atoms with E-state index >= 15 is 0 Å². The lowest BCUT2D eigenvalue weighted by Crippen LogP contribution is -2.26. The van der Waals surface area contributed by atoms with Gasteiger partial charge in [-0.15, -0.1) is 23.1 Å². The molecule has 0 bridgehead atoms. The van der Waals surface area contributed by atoms with E-state index in [0.29, 0.717) is 5.75 Å². The van der Waals surface area contributed by atoms with Crippen LogP contribution in [-0.4, -0.2) is 34.3 Å². The molecule has 3 heterocycles. The second kappa shape index (κ2) is 4.99. The van der Waals surface area contributed by atoms with E-state index in [0.717, 1.165) is 45.5 Å². The van der Waals surface area contributed by atoms with Crippen LogP contribution >= 0.6 is 23.1 Å². The second-order valence-corrected chi connectivity index (χ2v) is 7.10. The Morgan fingerprint density at radius 1 is 1.43 bits per heavy atom. The molecule has 7 heteroatoms. The number of amides is 1. The van der Waals surface area contributed by atoms with Gasteiger partial charge in [0, 0.05) is 11.8 Å². The monoisotopic (exact) mass is 319 g/mol. The van der Waals surface area contributed by atoms with E-state index in [1.54, 1.807) is 23.1 Å². The molecule has 2 N–H and O–H groups in total. The van der Waals surface area contributed by atoms with Crippen LogP contribution in [0.5, 0.6) is 5.75 Å². The molecule has 0 spiro atoms. The Bertz CT molecular complexity index is 726. The van der Waals surface area contributed by atoms with Crippen molar-refractivity contribution >= 4 is 44.3 Å². The number of thioether (sulfide) groups is 1. The molecule has 108 valence electrons. The molecule has 1 amide bonds. The summed E-state index contributed by atoms with van der Waals surface area (Å²) in [6.45, 7) is 0.776. The van der Waals surface area contributed by atoms with Gasteiger partial charge < -0.3 is 10.5 Å². The first kappa shape index (κ1) is 13.1. The smallest absolute Gasteiger partial charge is 0.243 e. The van der Waals surface area contributed by atoms with Crippen molar-refractivity contribution in [1.82, 2.24) is 4.98 Å². The number of benzene rings is 1. The van der Waals surface area contributed by atoms with Crippen LogP contribution < -0.4 is 10.5 Å². The Morgan fingerprint density at radius 2 is 2.33 bits per heavy atom. The van der Waals surface area contributed by atoms with Crippen molar-refractivity contribution in [3.05, 3.63) is 22.7 Å². The Kier molecular flexibility index (Phi) is 3.11. The summed E-state index contributed by atoms with van der Waals surface area (Å²) >= 11 is 3.16. The van der Waals surface area contributed by atoms with E-state index in [2.05, 4.69) is 16.0 Å². The summed E-state index contributed by atoms with van der Waals surface area (Å²) in [5.41, 5.74) is 7.48. The molecule has 2 aliphatic rings. The van der Waals surface area contributed by atoms with Gasteiger partial charge in [0.2, 0.25) is 5.91 Å². The molecule has 0 radical (unpaired) electrons. The number of carbonyl (C=O) groups excluding carboxylic acids is 1. The van der Waals surface area contributed by atoms with Crippen molar-refractivity contribution in [2.75, 3.05) is 12.4 Å². The highest BCUT2D eigenvalue weighted by atomic mass is 32.2.